The van der Waals surface area contributed by atoms with Gasteiger partial charge in [-0.3, -0.25) is 0 Å². The minimum Gasteiger partial charge on any atom is -0.493 e. The smallest absolute Gasteiger partial charge is 0.343 e. The summed E-state index contributed by atoms with van der Waals surface area (Å²) < 4.78 is 59.5. The third kappa shape index (κ3) is 7.32. The minimum atomic E-state index is -4.18. The summed E-state index contributed by atoms with van der Waals surface area (Å²) in [6.07, 6.45) is 0.0231. The Balaban J connectivity index is 1.64. The first-order chi connectivity index (χ1) is 22.6. The van der Waals surface area contributed by atoms with Crippen LogP contribution in [0, 0.1) is 13.8 Å². The van der Waals surface area contributed by atoms with Gasteiger partial charge in [0.05, 0.1) is 45.5 Å². The lowest BCUT2D eigenvalue weighted by atomic mass is 9.85. The van der Waals surface area contributed by atoms with E-state index in [4.69, 9.17) is 28.7 Å². The molecule has 0 amide bonds. The van der Waals surface area contributed by atoms with Crippen LogP contribution in [0.3, 0.4) is 0 Å². The normalized spacial score (nSPS) is 16.7. The molecule has 4 aromatic rings. The Bertz CT molecular complexity index is 1840. The number of methoxy groups -OCH3 is 3. The van der Waals surface area contributed by atoms with Crippen molar-refractivity contribution in [2.24, 2.45) is 4.99 Å². The van der Waals surface area contributed by atoms with Crippen LogP contribution < -0.4 is 18.9 Å². The van der Waals surface area contributed by atoms with Gasteiger partial charge in [0.1, 0.15) is 0 Å². The lowest BCUT2D eigenvalue weighted by molar-refractivity contribution is -0.140. The van der Waals surface area contributed by atoms with Gasteiger partial charge in [-0.1, -0.05) is 72.8 Å². The van der Waals surface area contributed by atoms with Gasteiger partial charge in [0, 0.05) is 12.0 Å². The van der Waals surface area contributed by atoms with Crippen LogP contribution in [0.25, 0.3) is 0 Å². The second-order valence-corrected chi connectivity index (χ2v) is 12.9. The molecule has 0 aromatic heterocycles. The molecule has 1 aliphatic rings. The van der Waals surface area contributed by atoms with E-state index in [-0.39, 0.29) is 30.4 Å². The van der Waals surface area contributed by atoms with Crippen molar-refractivity contribution in [2.45, 2.75) is 43.4 Å². The van der Waals surface area contributed by atoms with Gasteiger partial charge in [0.15, 0.2) is 17.0 Å². The fourth-order valence-corrected chi connectivity index (χ4v) is 7.10. The number of nitrogens with zero attached hydrogens (tertiary/aromatic N) is 1. The van der Waals surface area contributed by atoms with E-state index in [2.05, 4.69) is 4.72 Å². The van der Waals surface area contributed by atoms with Crippen LogP contribution in [0.5, 0.6) is 17.2 Å². The fraction of sp³-hybridized carbons (Fsp3) is 0.278. The maximum atomic E-state index is 14.2. The highest BCUT2D eigenvalue weighted by Crippen LogP contribution is 2.40. The SMILES string of the molecule is COc1cc(C2=NC(Cc3ccccc3)(C(COCc3ccccc3)NS(=O)(=O)c3cc(C)ccc3C)C(=O)O2)cc(OC)c1OC. The summed E-state index contributed by atoms with van der Waals surface area (Å²) in [7, 11) is 0.266. The van der Waals surface area contributed by atoms with E-state index in [1.54, 1.807) is 31.2 Å². The summed E-state index contributed by atoms with van der Waals surface area (Å²) >= 11 is 0. The Morgan fingerprint density at radius 1 is 0.830 bits per heavy atom. The number of hydrogen-bond donors (Lipinski definition) is 1. The highest BCUT2D eigenvalue weighted by molar-refractivity contribution is 7.89. The number of carbonyl (C=O) groups is 1. The number of carbonyl (C=O) groups excluding carboxylic acids is 1. The molecular weight excluding hydrogens is 620 g/mol. The van der Waals surface area contributed by atoms with Crippen LogP contribution in [-0.4, -0.2) is 59.8 Å². The lowest BCUT2D eigenvalue weighted by Gasteiger charge is -2.32. The molecular formula is C36H38N2O8S. The van der Waals surface area contributed by atoms with Gasteiger partial charge in [-0.15, -0.1) is 0 Å². The number of cyclic esters (lactones) is 1. The number of rotatable bonds is 14. The van der Waals surface area contributed by atoms with E-state index in [1.165, 1.54) is 21.3 Å². The van der Waals surface area contributed by atoms with Gasteiger partial charge in [-0.2, -0.15) is 0 Å². The van der Waals surface area contributed by atoms with E-state index < -0.39 is 27.6 Å². The number of aryl methyl sites for hydroxylation is 2. The van der Waals surface area contributed by atoms with Gasteiger partial charge in [0.25, 0.3) is 0 Å². The second kappa shape index (κ2) is 14.4. The van der Waals surface area contributed by atoms with Gasteiger partial charge >= 0.3 is 5.97 Å². The number of aliphatic imine (C=N–C) groups is 1. The molecule has 246 valence electrons. The predicted octanol–water partition coefficient (Wildman–Crippen LogP) is 5.18. The fourth-order valence-electron chi connectivity index (χ4n) is 5.50. The topological polar surface area (TPSA) is 122 Å². The molecule has 11 heteroatoms. The summed E-state index contributed by atoms with van der Waals surface area (Å²) in [4.78, 5) is 19.2. The van der Waals surface area contributed by atoms with Crippen molar-refractivity contribution < 1.29 is 36.9 Å². The summed E-state index contributed by atoms with van der Waals surface area (Å²) in [5.41, 5.74) is 1.59. The number of benzene rings is 4. The summed E-state index contributed by atoms with van der Waals surface area (Å²) in [5.74, 6) is 0.262. The molecule has 2 unspecified atom stereocenters. The lowest BCUT2D eigenvalue weighted by Crippen LogP contribution is -2.58. The van der Waals surface area contributed by atoms with E-state index in [1.807, 2.05) is 73.7 Å². The molecule has 2 atom stereocenters. The maximum Gasteiger partial charge on any atom is 0.343 e. The Morgan fingerprint density at radius 3 is 2.04 bits per heavy atom. The first-order valence-corrected chi connectivity index (χ1v) is 16.5. The average Bonchev–Trinajstić information content (AvgIpc) is 3.41. The van der Waals surface area contributed by atoms with E-state index in [0.717, 1.165) is 16.7 Å². The molecule has 4 aromatic carbocycles. The first kappa shape index (κ1) is 33.6. The van der Waals surface area contributed by atoms with Crippen molar-refractivity contribution in [1.29, 1.82) is 0 Å². The van der Waals surface area contributed by atoms with Crippen LogP contribution in [0.2, 0.25) is 0 Å². The van der Waals surface area contributed by atoms with Crippen LogP contribution in [-0.2, 0) is 37.3 Å². The number of esters is 1. The van der Waals surface area contributed by atoms with Crippen molar-refractivity contribution in [3.05, 3.63) is 119 Å². The largest absolute Gasteiger partial charge is 0.493 e. The highest BCUT2D eigenvalue weighted by atomic mass is 32.2. The quantitative estimate of drug-likeness (QED) is 0.184. The molecule has 0 spiro atoms. The van der Waals surface area contributed by atoms with Crippen molar-refractivity contribution in [2.75, 3.05) is 27.9 Å². The maximum absolute atomic E-state index is 14.2. The van der Waals surface area contributed by atoms with Crippen molar-refractivity contribution in [3.63, 3.8) is 0 Å². The number of ether oxygens (including phenoxy) is 5. The Morgan fingerprint density at radius 2 is 1.45 bits per heavy atom. The Labute approximate surface area is 275 Å². The Hall–Kier alpha value is -4.71. The van der Waals surface area contributed by atoms with Gasteiger partial charge in [-0.25, -0.2) is 22.9 Å². The first-order valence-electron chi connectivity index (χ1n) is 15.0. The molecule has 0 radical (unpaired) electrons. The zero-order valence-corrected chi connectivity index (χ0v) is 27.8. The van der Waals surface area contributed by atoms with Crippen LogP contribution in [0.1, 0.15) is 27.8 Å². The third-order valence-corrected chi connectivity index (χ3v) is 9.59. The van der Waals surface area contributed by atoms with E-state index in [9.17, 15) is 13.2 Å². The van der Waals surface area contributed by atoms with Gasteiger partial charge in [-0.05, 0) is 54.3 Å². The molecule has 0 saturated carbocycles. The third-order valence-electron chi connectivity index (χ3n) is 7.98. The Kier molecular flexibility index (Phi) is 10.3. The molecule has 0 saturated heterocycles. The van der Waals surface area contributed by atoms with Crippen molar-refractivity contribution in [3.8, 4) is 17.2 Å². The summed E-state index contributed by atoms with van der Waals surface area (Å²) in [6, 6.07) is 26.0. The average molecular weight is 659 g/mol. The van der Waals surface area contributed by atoms with E-state index >= 15 is 0 Å². The highest BCUT2D eigenvalue weighted by Gasteiger charge is 2.54. The number of nitrogens with one attached hydrogen (secondary N) is 1. The zero-order valence-electron chi connectivity index (χ0n) is 27.0. The predicted molar refractivity (Wildman–Crippen MR) is 178 cm³/mol. The molecule has 1 heterocycles. The molecule has 0 fully saturated rings. The van der Waals surface area contributed by atoms with E-state index in [0.29, 0.717) is 28.4 Å². The molecule has 0 aliphatic carbocycles. The molecule has 0 bridgehead atoms. The van der Waals surface area contributed by atoms with Crippen LogP contribution >= 0.6 is 0 Å². The molecule has 10 nitrogen and oxygen atoms in total. The monoisotopic (exact) mass is 658 g/mol. The molecule has 1 aliphatic heterocycles. The van der Waals surface area contributed by atoms with Crippen LogP contribution in [0.15, 0.2) is 101 Å². The zero-order chi connectivity index (χ0) is 33.6. The van der Waals surface area contributed by atoms with Gasteiger partial charge < -0.3 is 23.7 Å². The van der Waals surface area contributed by atoms with Crippen molar-refractivity contribution in [1.82, 2.24) is 4.72 Å². The minimum absolute atomic E-state index is 0.0231. The standard InChI is InChI=1S/C36H38N2O8S/c1-24-16-17-25(2)31(18-24)47(40,41)38-32(23-45-22-27-14-10-7-11-15-27)36(21-26-12-8-6-9-13-26)35(39)46-34(37-36)28-19-29(42-3)33(44-5)30(20-28)43-4/h6-20,32,38H,21-23H2,1-5H3. The van der Waals surface area contributed by atoms with Crippen molar-refractivity contribution >= 4 is 21.9 Å². The number of hydrogen-bond acceptors (Lipinski definition) is 9. The molecule has 5 rings (SSSR count). The molecule has 1 N–H and O–H groups in total. The summed E-state index contributed by atoms with van der Waals surface area (Å²) in [6.45, 7) is 3.53. The summed E-state index contributed by atoms with van der Waals surface area (Å²) in [5, 5.41) is 0. The second-order valence-electron chi connectivity index (χ2n) is 11.3. The van der Waals surface area contributed by atoms with Gasteiger partial charge in [0.2, 0.25) is 21.7 Å². The molecule has 47 heavy (non-hydrogen) atoms. The number of sulfonamides is 1. The van der Waals surface area contributed by atoms with Crippen LogP contribution in [0.4, 0.5) is 0 Å².